The molecule has 7 heteroatoms. The maximum atomic E-state index is 12.4. The Morgan fingerprint density at radius 1 is 1.21 bits per heavy atom. The topological polar surface area (TPSA) is 53.9 Å². The molecule has 0 radical (unpaired) electrons. The van der Waals surface area contributed by atoms with E-state index in [2.05, 4.69) is 17.3 Å². The highest BCUT2D eigenvalue weighted by Gasteiger charge is 2.29. The van der Waals surface area contributed by atoms with Crippen LogP contribution in [-0.4, -0.2) is 48.0 Å². The van der Waals surface area contributed by atoms with Gasteiger partial charge >= 0.3 is 0 Å². The molecular weight excluding hydrogens is 394 g/mol. The molecule has 1 heterocycles. The molecule has 0 bridgehead atoms. The van der Waals surface area contributed by atoms with Crippen molar-refractivity contribution in [3.63, 3.8) is 0 Å². The van der Waals surface area contributed by atoms with Crippen LogP contribution >= 0.6 is 24.2 Å². The predicted molar refractivity (Wildman–Crippen MR) is 120 cm³/mol. The van der Waals surface area contributed by atoms with Gasteiger partial charge in [0.15, 0.2) is 5.17 Å². The number of aliphatic imine (C=N–C) groups is 1. The first-order valence-corrected chi connectivity index (χ1v) is 11.0. The number of carbonyl (C=O) groups is 1. The Morgan fingerprint density at radius 3 is 2.54 bits per heavy atom. The van der Waals surface area contributed by atoms with E-state index in [1.165, 1.54) is 38.5 Å². The maximum Gasteiger partial charge on any atom is 0.222 e. The van der Waals surface area contributed by atoms with Crippen LogP contribution in [0.5, 0.6) is 5.75 Å². The summed E-state index contributed by atoms with van der Waals surface area (Å²) in [4.78, 5) is 19.6. The lowest BCUT2D eigenvalue weighted by Crippen LogP contribution is -2.36. The highest BCUT2D eigenvalue weighted by atomic mass is 35.5. The van der Waals surface area contributed by atoms with Gasteiger partial charge in [0.1, 0.15) is 5.75 Å². The van der Waals surface area contributed by atoms with Crippen LogP contribution in [0, 0.1) is 0 Å². The number of hydrogen-bond acceptors (Lipinski definition) is 4. The molecule has 1 saturated carbocycles. The minimum atomic E-state index is 0. The van der Waals surface area contributed by atoms with Crippen LogP contribution in [0.4, 0.5) is 0 Å². The third kappa shape index (κ3) is 6.59. The molecule has 1 unspecified atom stereocenters. The number of ether oxygens (including phenoxy) is 1. The van der Waals surface area contributed by atoms with Gasteiger partial charge in [-0.25, -0.2) is 0 Å². The molecule has 0 spiro atoms. The van der Waals surface area contributed by atoms with Crippen LogP contribution in [0.15, 0.2) is 29.3 Å². The lowest BCUT2D eigenvalue weighted by molar-refractivity contribution is -0.121. The quantitative estimate of drug-likeness (QED) is 0.692. The molecule has 1 aliphatic carbocycles. The summed E-state index contributed by atoms with van der Waals surface area (Å²) >= 11 is 1.80. The second-order valence-corrected chi connectivity index (χ2v) is 8.45. The van der Waals surface area contributed by atoms with Crippen LogP contribution < -0.4 is 10.1 Å². The van der Waals surface area contributed by atoms with Gasteiger partial charge < -0.3 is 15.0 Å². The first kappa shape index (κ1) is 22.9. The molecule has 156 valence electrons. The van der Waals surface area contributed by atoms with Crippen molar-refractivity contribution in [2.75, 3.05) is 19.9 Å². The Hall–Kier alpha value is -1.40. The van der Waals surface area contributed by atoms with Crippen molar-refractivity contribution in [1.82, 2.24) is 10.2 Å². The molecule has 1 N–H and O–H groups in total. The van der Waals surface area contributed by atoms with Crippen molar-refractivity contribution < 1.29 is 9.53 Å². The molecule has 0 aromatic heterocycles. The van der Waals surface area contributed by atoms with E-state index in [4.69, 9.17) is 9.73 Å². The molecule has 1 saturated heterocycles. The summed E-state index contributed by atoms with van der Waals surface area (Å²) in [5, 5.41) is 4.15. The number of amidine groups is 1. The maximum absolute atomic E-state index is 12.4. The van der Waals surface area contributed by atoms with E-state index in [-0.39, 0.29) is 24.4 Å². The molecular formula is C21H32ClN3O2S. The number of nitrogens with one attached hydrogen (secondary N) is 1. The van der Waals surface area contributed by atoms with Gasteiger partial charge in [-0.15, -0.1) is 12.4 Å². The summed E-state index contributed by atoms with van der Waals surface area (Å²) in [7, 11) is 3.73. The second-order valence-electron chi connectivity index (χ2n) is 7.46. The number of carbonyl (C=O) groups excluding carboxylic acids is 1. The minimum absolute atomic E-state index is 0. The van der Waals surface area contributed by atoms with Gasteiger partial charge in [0, 0.05) is 31.8 Å². The van der Waals surface area contributed by atoms with E-state index in [1.54, 1.807) is 18.9 Å². The van der Waals surface area contributed by atoms with Crippen molar-refractivity contribution in [2.45, 2.75) is 63.6 Å². The fourth-order valence-corrected chi connectivity index (χ4v) is 4.90. The average Bonchev–Trinajstić information content (AvgIpc) is 2.89. The Kier molecular flexibility index (Phi) is 9.45. The molecule has 3 rings (SSSR count). The summed E-state index contributed by atoms with van der Waals surface area (Å²) in [5.74, 6) is 1.87. The fraction of sp³-hybridized carbons (Fsp3) is 0.619. The van der Waals surface area contributed by atoms with Crippen LogP contribution in [0.25, 0.3) is 0 Å². The first-order chi connectivity index (χ1) is 13.2. The van der Waals surface area contributed by atoms with Crippen LogP contribution in [0.1, 0.15) is 50.5 Å². The molecule has 1 aliphatic heterocycles. The predicted octanol–water partition coefficient (Wildman–Crippen LogP) is 4.25. The third-order valence-corrected chi connectivity index (χ3v) is 6.64. The summed E-state index contributed by atoms with van der Waals surface area (Å²) in [6.07, 6.45) is 8.24. The number of hydrogen-bond donors (Lipinski definition) is 1. The normalized spacial score (nSPS) is 21.9. The van der Waals surface area contributed by atoms with Gasteiger partial charge in [0.2, 0.25) is 5.91 Å². The lowest BCUT2D eigenvalue weighted by Gasteiger charge is -2.21. The monoisotopic (exact) mass is 425 g/mol. The van der Waals surface area contributed by atoms with Crippen molar-refractivity contribution in [3.05, 3.63) is 29.8 Å². The first-order valence-electron chi connectivity index (χ1n) is 9.99. The van der Waals surface area contributed by atoms with E-state index in [0.29, 0.717) is 19.0 Å². The van der Waals surface area contributed by atoms with Gasteiger partial charge in [-0.2, -0.15) is 0 Å². The molecule has 5 nitrogen and oxygen atoms in total. The summed E-state index contributed by atoms with van der Waals surface area (Å²) in [6, 6.07) is 8.50. The zero-order valence-electron chi connectivity index (χ0n) is 16.9. The Bertz CT molecular complexity index is 646. The lowest BCUT2D eigenvalue weighted by atomic mass is 10.1. The number of halogens is 1. The number of nitrogens with zero attached hydrogens (tertiary/aromatic N) is 2. The number of methoxy groups -OCH3 is 1. The summed E-state index contributed by atoms with van der Waals surface area (Å²) < 4.78 is 5.16. The largest absolute Gasteiger partial charge is 0.497 e. The summed E-state index contributed by atoms with van der Waals surface area (Å²) in [6.45, 7) is 0.551. The van der Waals surface area contributed by atoms with Crippen molar-refractivity contribution >= 4 is 35.2 Å². The third-order valence-electron chi connectivity index (χ3n) is 5.44. The zero-order valence-corrected chi connectivity index (χ0v) is 18.5. The van der Waals surface area contributed by atoms with E-state index in [1.807, 2.05) is 24.3 Å². The molecule has 1 atom stereocenters. The number of thioether (sulfide) groups is 1. The van der Waals surface area contributed by atoms with Crippen molar-refractivity contribution in [2.24, 2.45) is 4.99 Å². The molecule has 1 aromatic carbocycles. The molecule has 2 aliphatic rings. The van der Waals surface area contributed by atoms with E-state index in [0.717, 1.165) is 22.2 Å². The zero-order chi connectivity index (χ0) is 19.1. The van der Waals surface area contributed by atoms with E-state index < -0.39 is 0 Å². The Morgan fingerprint density at radius 2 is 1.89 bits per heavy atom. The minimum Gasteiger partial charge on any atom is -0.497 e. The van der Waals surface area contributed by atoms with Gasteiger partial charge in [-0.1, -0.05) is 49.6 Å². The van der Waals surface area contributed by atoms with Gasteiger partial charge in [-0.05, 0) is 30.5 Å². The van der Waals surface area contributed by atoms with Crippen molar-refractivity contribution in [3.8, 4) is 5.75 Å². The van der Waals surface area contributed by atoms with Crippen LogP contribution in [-0.2, 0) is 11.3 Å². The van der Waals surface area contributed by atoms with Gasteiger partial charge in [0.05, 0.1) is 13.2 Å². The summed E-state index contributed by atoms with van der Waals surface area (Å²) in [5.41, 5.74) is 1.08. The van der Waals surface area contributed by atoms with Crippen LogP contribution in [0.2, 0.25) is 0 Å². The molecule has 28 heavy (non-hydrogen) atoms. The number of benzene rings is 1. The molecule has 1 amide bonds. The molecule has 1 aromatic rings. The highest BCUT2D eigenvalue weighted by Crippen LogP contribution is 2.28. The van der Waals surface area contributed by atoms with Crippen LogP contribution in [0.3, 0.4) is 0 Å². The fourth-order valence-electron chi connectivity index (χ4n) is 3.64. The van der Waals surface area contributed by atoms with E-state index >= 15 is 0 Å². The average molecular weight is 426 g/mol. The smallest absolute Gasteiger partial charge is 0.222 e. The second kappa shape index (κ2) is 11.6. The highest BCUT2D eigenvalue weighted by molar-refractivity contribution is 8.14. The Labute approximate surface area is 179 Å². The Balaban J connectivity index is 0.00000280. The molecule has 2 fully saturated rings. The SMILES string of the molecule is COc1ccc(CNC(=O)CC2CS/C(=N\C3CCCCCC3)N2C)cc1.Cl. The van der Waals surface area contributed by atoms with Gasteiger partial charge in [-0.3, -0.25) is 9.79 Å². The van der Waals surface area contributed by atoms with E-state index in [9.17, 15) is 4.79 Å². The number of amides is 1. The standard InChI is InChI=1S/C21H31N3O2S.ClH/c1-24-18(15-27-21(24)23-17-7-5-3-4-6-8-17)13-20(25)22-14-16-9-11-19(26-2)12-10-16;/h9-12,17-18H,3-8,13-15H2,1-2H3,(H,22,25);1H/b23-21-;. The van der Waals surface area contributed by atoms with Crippen molar-refractivity contribution in [1.29, 1.82) is 0 Å². The number of rotatable bonds is 6. The van der Waals surface area contributed by atoms with Gasteiger partial charge in [0.25, 0.3) is 0 Å².